The molecular weight excluding hydrogens is 346 g/mol. The Bertz CT molecular complexity index is 657. The molecule has 0 atom stereocenters. The number of carbonyl (C=O) groups is 1. The quantitative estimate of drug-likeness (QED) is 0.915. The fourth-order valence-electron chi connectivity index (χ4n) is 1.70. The van der Waals surface area contributed by atoms with E-state index in [1.165, 1.54) is 13.3 Å². The molecule has 0 aliphatic carbocycles. The number of ether oxygens (including phenoxy) is 1. The molecule has 4 nitrogen and oxygen atoms in total. The smallest absolute Gasteiger partial charge is 0.257 e. The number of methoxy groups -OCH3 is 1. The van der Waals surface area contributed by atoms with Crippen LogP contribution in [0.3, 0.4) is 0 Å². The summed E-state index contributed by atoms with van der Waals surface area (Å²) in [5, 5.41) is 2.45. The number of nitrogens with one attached hydrogen (secondary N) is 1. The molecule has 110 valence electrons. The van der Waals surface area contributed by atoms with Crippen LogP contribution in [0.2, 0.25) is 0 Å². The van der Waals surface area contributed by atoms with Gasteiger partial charge < -0.3 is 10.1 Å². The second-order valence-corrected chi connectivity index (χ2v) is 5.05. The average molecular weight is 357 g/mol. The highest BCUT2D eigenvalue weighted by atomic mass is 79.9. The number of carbonyl (C=O) groups excluding carboxylic acids is 1. The molecule has 2 aromatic rings. The summed E-state index contributed by atoms with van der Waals surface area (Å²) in [5.74, 6) is -2.28. The third kappa shape index (κ3) is 3.75. The molecule has 0 radical (unpaired) electrons. The summed E-state index contributed by atoms with van der Waals surface area (Å²) in [6, 6.07) is 5.35. The molecule has 1 aromatic heterocycles. The van der Waals surface area contributed by atoms with Gasteiger partial charge in [0.15, 0.2) is 0 Å². The number of halogens is 3. The second kappa shape index (κ2) is 6.62. The largest absolute Gasteiger partial charge is 0.481 e. The summed E-state index contributed by atoms with van der Waals surface area (Å²) in [6.07, 6.45) is 1.51. The Morgan fingerprint density at radius 1 is 1.33 bits per heavy atom. The molecule has 0 aliphatic heterocycles. The van der Waals surface area contributed by atoms with E-state index in [0.29, 0.717) is 11.4 Å². The summed E-state index contributed by atoms with van der Waals surface area (Å²) in [4.78, 5) is 15.8. The van der Waals surface area contributed by atoms with Gasteiger partial charge in [-0.3, -0.25) is 4.79 Å². The van der Waals surface area contributed by atoms with Crippen molar-refractivity contribution in [3.05, 3.63) is 57.7 Å². The summed E-state index contributed by atoms with van der Waals surface area (Å²) in [5.41, 5.74) is 0.0901. The average Bonchev–Trinajstić information content (AvgIpc) is 2.44. The molecule has 1 aromatic carbocycles. The zero-order valence-corrected chi connectivity index (χ0v) is 12.6. The molecule has 0 saturated heterocycles. The highest BCUT2D eigenvalue weighted by Gasteiger charge is 2.18. The van der Waals surface area contributed by atoms with Crippen molar-refractivity contribution in [2.75, 3.05) is 7.11 Å². The van der Waals surface area contributed by atoms with Gasteiger partial charge in [-0.2, -0.15) is 0 Å². The lowest BCUT2D eigenvalue weighted by Crippen LogP contribution is -2.25. The zero-order chi connectivity index (χ0) is 15.4. The first-order chi connectivity index (χ1) is 10.0. The highest BCUT2D eigenvalue weighted by molar-refractivity contribution is 9.10. The van der Waals surface area contributed by atoms with Crippen LogP contribution >= 0.6 is 15.9 Å². The van der Waals surface area contributed by atoms with Gasteiger partial charge in [0.2, 0.25) is 5.88 Å². The number of rotatable bonds is 4. The lowest BCUT2D eigenvalue weighted by Gasteiger charge is -2.08. The number of nitrogens with zero attached hydrogens (tertiary/aromatic N) is 1. The summed E-state index contributed by atoms with van der Waals surface area (Å²) in [6.45, 7) is 0.104. The lowest BCUT2D eigenvalue weighted by atomic mass is 10.1. The Hall–Kier alpha value is -2.02. The molecule has 1 N–H and O–H groups in total. The van der Waals surface area contributed by atoms with Crippen molar-refractivity contribution < 1.29 is 18.3 Å². The predicted octanol–water partition coefficient (Wildman–Crippen LogP) is 3.06. The van der Waals surface area contributed by atoms with Crippen LogP contribution < -0.4 is 10.1 Å². The molecule has 0 bridgehead atoms. The van der Waals surface area contributed by atoms with Gasteiger partial charge in [-0.05, 0) is 23.8 Å². The zero-order valence-electron chi connectivity index (χ0n) is 11.0. The maximum Gasteiger partial charge on any atom is 0.257 e. The van der Waals surface area contributed by atoms with E-state index >= 15 is 0 Å². The van der Waals surface area contributed by atoms with Crippen molar-refractivity contribution in [2.24, 2.45) is 0 Å². The van der Waals surface area contributed by atoms with Crippen LogP contribution in [-0.2, 0) is 6.54 Å². The standard InChI is InChI=1S/C14H11BrF2N2O2/c1-21-12-4-8(2-3-18-12)7-19-14(20)13-10(16)5-9(15)6-11(13)17/h2-6H,7H2,1H3,(H,19,20). The molecule has 0 unspecified atom stereocenters. The lowest BCUT2D eigenvalue weighted by molar-refractivity contribution is 0.0942. The van der Waals surface area contributed by atoms with E-state index < -0.39 is 23.1 Å². The number of hydrogen-bond acceptors (Lipinski definition) is 3. The Labute approximate surface area is 128 Å². The van der Waals surface area contributed by atoms with Gasteiger partial charge in [0.05, 0.1) is 7.11 Å². The van der Waals surface area contributed by atoms with E-state index in [-0.39, 0.29) is 11.0 Å². The number of pyridine rings is 1. The van der Waals surface area contributed by atoms with Crippen LogP contribution in [0.4, 0.5) is 8.78 Å². The monoisotopic (exact) mass is 356 g/mol. The van der Waals surface area contributed by atoms with Gasteiger partial charge in [-0.25, -0.2) is 13.8 Å². The molecule has 21 heavy (non-hydrogen) atoms. The minimum absolute atomic E-state index is 0.104. The molecule has 0 fully saturated rings. The van der Waals surface area contributed by atoms with Gasteiger partial charge in [0, 0.05) is 23.3 Å². The maximum absolute atomic E-state index is 13.6. The van der Waals surface area contributed by atoms with Crippen LogP contribution in [-0.4, -0.2) is 18.0 Å². The molecule has 1 amide bonds. The van der Waals surface area contributed by atoms with E-state index in [9.17, 15) is 13.6 Å². The predicted molar refractivity (Wildman–Crippen MR) is 76.0 cm³/mol. The Kier molecular flexibility index (Phi) is 4.85. The van der Waals surface area contributed by atoms with E-state index in [4.69, 9.17) is 4.74 Å². The second-order valence-electron chi connectivity index (χ2n) is 4.13. The fraction of sp³-hybridized carbons (Fsp3) is 0.143. The normalized spacial score (nSPS) is 10.3. The van der Waals surface area contributed by atoms with E-state index in [0.717, 1.165) is 12.1 Å². The Morgan fingerprint density at radius 2 is 2.00 bits per heavy atom. The van der Waals surface area contributed by atoms with Crippen molar-refractivity contribution >= 4 is 21.8 Å². The fourth-order valence-corrected chi connectivity index (χ4v) is 2.10. The van der Waals surface area contributed by atoms with Crippen LogP contribution in [0.1, 0.15) is 15.9 Å². The molecule has 2 rings (SSSR count). The van der Waals surface area contributed by atoms with Crippen LogP contribution in [0.15, 0.2) is 34.9 Å². The van der Waals surface area contributed by atoms with E-state index in [1.807, 2.05) is 0 Å². The van der Waals surface area contributed by atoms with Gasteiger partial charge in [-0.15, -0.1) is 0 Å². The molecule has 0 saturated carbocycles. The van der Waals surface area contributed by atoms with Crippen LogP contribution in [0, 0.1) is 11.6 Å². The first-order valence-electron chi connectivity index (χ1n) is 5.93. The van der Waals surface area contributed by atoms with Gasteiger partial charge >= 0.3 is 0 Å². The first kappa shape index (κ1) is 15.4. The maximum atomic E-state index is 13.6. The highest BCUT2D eigenvalue weighted by Crippen LogP contribution is 2.19. The third-order valence-electron chi connectivity index (χ3n) is 2.70. The van der Waals surface area contributed by atoms with Crippen molar-refractivity contribution in [2.45, 2.75) is 6.54 Å². The summed E-state index contributed by atoms with van der Waals surface area (Å²) >= 11 is 2.96. The van der Waals surface area contributed by atoms with Crippen molar-refractivity contribution in [3.63, 3.8) is 0 Å². The van der Waals surface area contributed by atoms with Crippen molar-refractivity contribution in [1.82, 2.24) is 10.3 Å². The third-order valence-corrected chi connectivity index (χ3v) is 3.15. The van der Waals surface area contributed by atoms with Crippen molar-refractivity contribution in [3.8, 4) is 5.88 Å². The van der Waals surface area contributed by atoms with Gasteiger partial charge in [-0.1, -0.05) is 15.9 Å². The van der Waals surface area contributed by atoms with Crippen LogP contribution in [0.5, 0.6) is 5.88 Å². The SMILES string of the molecule is COc1cc(CNC(=O)c2c(F)cc(Br)cc2F)ccn1. The Balaban J connectivity index is 2.12. The molecule has 7 heteroatoms. The molecular formula is C14H11BrF2N2O2. The summed E-state index contributed by atoms with van der Waals surface area (Å²) < 4.78 is 32.5. The molecule has 0 spiro atoms. The molecule has 1 heterocycles. The topological polar surface area (TPSA) is 51.2 Å². The first-order valence-corrected chi connectivity index (χ1v) is 6.72. The number of benzene rings is 1. The van der Waals surface area contributed by atoms with Gasteiger partial charge in [0.1, 0.15) is 17.2 Å². The summed E-state index contributed by atoms with van der Waals surface area (Å²) in [7, 11) is 1.47. The Morgan fingerprint density at radius 3 is 2.62 bits per heavy atom. The van der Waals surface area contributed by atoms with Crippen LogP contribution in [0.25, 0.3) is 0 Å². The molecule has 0 aliphatic rings. The van der Waals surface area contributed by atoms with E-state index in [1.54, 1.807) is 12.1 Å². The number of aromatic nitrogens is 1. The number of amides is 1. The van der Waals surface area contributed by atoms with Crippen molar-refractivity contribution in [1.29, 1.82) is 0 Å². The minimum Gasteiger partial charge on any atom is -0.481 e. The van der Waals surface area contributed by atoms with Gasteiger partial charge in [0.25, 0.3) is 5.91 Å². The number of hydrogen-bond donors (Lipinski definition) is 1. The minimum atomic E-state index is -0.924. The van der Waals surface area contributed by atoms with E-state index in [2.05, 4.69) is 26.2 Å².